The van der Waals surface area contributed by atoms with Crippen LogP contribution >= 0.6 is 0 Å². The minimum absolute atomic E-state index is 0.422. The molecule has 3 nitrogen and oxygen atoms in total. The number of Topliss-reactive ketones (excluding diaryl/α,β-unsaturated/α-hetero) is 1. The summed E-state index contributed by atoms with van der Waals surface area (Å²) in [6.07, 6.45) is 3.39. The molecular formula is C8H10O3. The highest BCUT2D eigenvalue weighted by Crippen LogP contribution is 2.09. The van der Waals surface area contributed by atoms with Crippen LogP contribution < -0.4 is 0 Å². The number of allylic oxidation sites excluding steroid dienone is 1. The molecule has 3 heteroatoms. The van der Waals surface area contributed by atoms with Gasteiger partial charge in [-0.05, 0) is 6.42 Å². The molecule has 11 heavy (non-hydrogen) atoms. The minimum Gasteiger partial charge on any atom is -0.490 e. The van der Waals surface area contributed by atoms with Crippen molar-refractivity contribution in [1.29, 1.82) is 0 Å². The SMILES string of the molecule is CCCC1OC=CC(=O)C1=O. The third-order valence-electron chi connectivity index (χ3n) is 1.55. The van der Waals surface area contributed by atoms with Gasteiger partial charge in [0.25, 0.3) is 0 Å². The van der Waals surface area contributed by atoms with E-state index in [1.807, 2.05) is 6.92 Å². The molecule has 0 spiro atoms. The van der Waals surface area contributed by atoms with Crippen molar-refractivity contribution >= 4 is 11.6 Å². The molecule has 0 aromatic heterocycles. The second-order valence-electron chi connectivity index (χ2n) is 2.44. The molecule has 0 saturated heterocycles. The first-order chi connectivity index (χ1) is 5.25. The van der Waals surface area contributed by atoms with Gasteiger partial charge in [0.2, 0.25) is 11.6 Å². The van der Waals surface area contributed by atoms with Crippen LogP contribution in [0.5, 0.6) is 0 Å². The minimum atomic E-state index is -0.530. The monoisotopic (exact) mass is 154 g/mol. The number of ether oxygens (including phenoxy) is 1. The molecule has 1 heterocycles. The Morgan fingerprint density at radius 3 is 2.91 bits per heavy atom. The zero-order valence-electron chi connectivity index (χ0n) is 6.37. The zero-order chi connectivity index (χ0) is 8.27. The van der Waals surface area contributed by atoms with Gasteiger partial charge >= 0.3 is 0 Å². The highest BCUT2D eigenvalue weighted by molar-refractivity contribution is 6.43. The van der Waals surface area contributed by atoms with E-state index in [0.29, 0.717) is 6.42 Å². The maximum Gasteiger partial charge on any atom is 0.243 e. The maximum atomic E-state index is 11.0. The fourth-order valence-electron chi connectivity index (χ4n) is 0.960. The standard InChI is InChI=1S/C8H10O3/c1-2-3-7-8(10)6(9)4-5-11-7/h4-5,7H,2-3H2,1H3. The molecule has 0 saturated carbocycles. The second-order valence-corrected chi connectivity index (χ2v) is 2.44. The quantitative estimate of drug-likeness (QED) is 0.553. The van der Waals surface area contributed by atoms with E-state index >= 15 is 0 Å². The lowest BCUT2D eigenvalue weighted by Crippen LogP contribution is -2.31. The van der Waals surface area contributed by atoms with Crippen LogP contribution in [-0.4, -0.2) is 17.7 Å². The van der Waals surface area contributed by atoms with Crippen molar-refractivity contribution in [3.8, 4) is 0 Å². The lowest BCUT2D eigenvalue weighted by atomic mass is 10.1. The molecule has 60 valence electrons. The number of ketones is 2. The van der Waals surface area contributed by atoms with Gasteiger partial charge in [0.1, 0.15) is 0 Å². The van der Waals surface area contributed by atoms with Gasteiger partial charge in [-0.15, -0.1) is 0 Å². The fourth-order valence-corrected chi connectivity index (χ4v) is 0.960. The van der Waals surface area contributed by atoms with Crippen LogP contribution in [0.15, 0.2) is 12.3 Å². The molecule has 0 aromatic rings. The van der Waals surface area contributed by atoms with E-state index in [-0.39, 0.29) is 0 Å². The van der Waals surface area contributed by atoms with Gasteiger partial charge in [0, 0.05) is 6.08 Å². The molecule has 0 aliphatic carbocycles. The number of hydrogen-bond donors (Lipinski definition) is 0. The van der Waals surface area contributed by atoms with Crippen molar-refractivity contribution in [3.63, 3.8) is 0 Å². The van der Waals surface area contributed by atoms with Crippen LogP contribution in [0.4, 0.5) is 0 Å². The summed E-state index contributed by atoms with van der Waals surface area (Å²) in [5.41, 5.74) is 0. The van der Waals surface area contributed by atoms with E-state index in [1.165, 1.54) is 6.26 Å². The van der Waals surface area contributed by atoms with E-state index in [2.05, 4.69) is 0 Å². The van der Waals surface area contributed by atoms with E-state index < -0.39 is 17.7 Å². The Kier molecular flexibility index (Phi) is 2.41. The fraction of sp³-hybridized carbons (Fsp3) is 0.500. The lowest BCUT2D eigenvalue weighted by Gasteiger charge is -2.15. The molecule has 1 aliphatic heterocycles. The Balaban J connectivity index is 2.63. The van der Waals surface area contributed by atoms with E-state index in [4.69, 9.17) is 4.74 Å². The van der Waals surface area contributed by atoms with Crippen LogP contribution in [0.25, 0.3) is 0 Å². The molecule has 0 N–H and O–H groups in total. The van der Waals surface area contributed by atoms with Gasteiger partial charge in [-0.1, -0.05) is 13.3 Å². The summed E-state index contributed by atoms with van der Waals surface area (Å²) < 4.78 is 4.95. The van der Waals surface area contributed by atoms with Gasteiger partial charge in [-0.3, -0.25) is 9.59 Å². The molecule has 1 unspecified atom stereocenters. The molecule has 0 aromatic carbocycles. The van der Waals surface area contributed by atoms with Crippen LogP contribution in [0, 0.1) is 0 Å². The van der Waals surface area contributed by atoms with Crippen LogP contribution in [0.1, 0.15) is 19.8 Å². The van der Waals surface area contributed by atoms with Crippen molar-refractivity contribution in [3.05, 3.63) is 12.3 Å². The van der Waals surface area contributed by atoms with Crippen LogP contribution in [-0.2, 0) is 14.3 Å². The molecule has 1 rings (SSSR count). The van der Waals surface area contributed by atoms with E-state index in [1.54, 1.807) is 0 Å². The summed E-state index contributed by atoms with van der Waals surface area (Å²) in [5, 5.41) is 0. The smallest absolute Gasteiger partial charge is 0.243 e. The molecule has 0 fully saturated rings. The molecule has 0 amide bonds. The maximum absolute atomic E-state index is 11.0. The number of carbonyl (C=O) groups is 2. The third-order valence-corrected chi connectivity index (χ3v) is 1.55. The summed E-state index contributed by atoms with van der Waals surface area (Å²) in [6, 6.07) is 0. The molecule has 1 atom stereocenters. The van der Waals surface area contributed by atoms with Crippen molar-refractivity contribution in [2.75, 3.05) is 0 Å². The van der Waals surface area contributed by atoms with Crippen molar-refractivity contribution in [2.24, 2.45) is 0 Å². The van der Waals surface area contributed by atoms with Gasteiger partial charge in [-0.2, -0.15) is 0 Å². The van der Waals surface area contributed by atoms with Gasteiger partial charge in [-0.25, -0.2) is 0 Å². The number of rotatable bonds is 2. The van der Waals surface area contributed by atoms with E-state index in [0.717, 1.165) is 12.5 Å². The van der Waals surface area contributed by atoms with Crippen LogP contribution in [0.2, 0.25) is 0 Å². The predicted molar refractivity (Wildman–Crippen MR) is 38.9 cm³/mol. The first-order valence-electron chi connectivity index (χ1n) is 3.66. The predicted octanol–water partition coefficient (Wildman–Crippen LogP) is 0.837. The Morgan fingerprint density at radius 1 is 1.55 bits per heavy atom. The number of carbonyl (C=O) groups excluding carboxylic acids is 2. The summed E-state index contributed by atoms with van der Waals surface area (Å²) >= 11 is 0. The highest BCUT2D eigenvalue weighted by Gasteiger charge is 2.26. The van der Waals surface area contributed by atoms with Gasteiger partial charge < -0.3 is 4.74 Å². The molecule has 1 aliphatic rings. The lowest BCUT2D eigenvalue weighted by molar-refractivity contribution is -0.141. The molecular weight excluding hydrogens is 144 g/mol. The largest absolute Gasteiger partial charge is 0.490 e. The topological polar surface area (TPSA) is 43.4 Å². The number of hydrogen-bond acceptors (Lipinski definition) is 3. The average molecular weight is 154 g/mol. The summed E-state index contributed by atoms with van der Waals surface area (Å²) in [4.78, 5) is 21.8. The van der Waals surface area contributed by atoms with E-state index in [9.17, 15) is 9.59 Å². The second kappa shape index (κ2) is 3.32. The van der Waals surface area contributed by atoms with Crippen molar-refractivity contribution < 1.29 is 14.3 Å². The Hall–Kier alpha value is -1.12. The third kappa shape index (κ3) is 1.67. The molecule has 0 radical (unpaired) electrons. The van der Waals surface area contributed by atoms with Gasteiger partial charge in [0.05, 0.1) is 6.26 Å². The molecule has 0 bridgehead atoms. The van der Waals surface area contributed by atoms with Crippen molar-refractivity contribution in [1.82, 2.24) is 0 Å². The van der Waals surface area contributed by atoms with Crippen molar-refractivity contribution in [2.45, 2.75) is 25.9 Å². The summed E-state index contributed by atoms with van der Waals surface area (Å²) in [5.74, 6) is -0.871. The normalized spacial score (nSPS) is 23.5. The van der Waals surface area contributed by atoms with Gasteiger partial charge in [0.15, 0.2) is 6.10 Å². The first-order valence-corrected chi connectivity index (χ1v) is 3.66. The Bertz CT molecular complexity index is 205. The average Bonchev–Trinajstić information content (AvgIpc) is 1.99. The Labute approximate surface area is 65.0 Å². The van der Waals surface area contributed by atoms with Crippen LogP contribution in [0.3, 0.4) is 0 Å². The highest BCUT2D eigenvalue weighted by atomic mass is 16.5. The summed E-state index contributed by atoms with van der Waals surface area (Å²) in [6.45, 7) is 1.94. The zero-order valence-corrected chi connectivity index (χ0v) is 6.37. The Morgan fingerprint density at radius 2 is 2.27 bits per heavy atom. The summed E-state index contributed by atoms with van der Waals surface area (Å²) in [7, 11) is 0. The first kappa shape index (κ1) is 7.98.